The quantitative estimate of drug-likeness (QED) is 0.632. The van der Waals surface area contributed by atoms with Gasteiger partial charge in [0.05, 0.1) is 23.0 Å². The third-order valence-electron chi connectivity index (χ3n) is 2.70. The molecule has 1 aromatic rings. The molecule has 0 bridgehead atoms. The van der Waals surface area contributed by atoms with Crippen LogP contribution in [0.2, 0.25) is 0 Å². The second kappa shape index (κ2) is 6.02. The number of nitriles is 1. The maximum absolute atomic E-state index is 11.1. The van der Waals surface area contributed by atoms with E-state index in [9.17, 15) is 14.9 Å². The summed E-state index contributed by atoms with van der Waals surface area (Å²) in [4.78, 5) is 21.3. The molecule has 1 aromatic carbocycles. The van der Waals surface area contributed by atoms with Crippen molar-refractivity contribution in [3.63, 3.8) is 0 Å². The van der Waals surface area contributed by atoms with Crippen LogP contribution in [0.4, 0.5) is 5.69 Å². The van der Waals surface area contributed by atoms with Crippen molar-refractivity contribution in [2.45, 2.75) is 20.3 Å². The highest BCUT2D eigenvalue weighted by atomic mass is 16.6. The van der Waals surface area contributed by atoms with Gasteiger partial charge in [0.1, 0.15) is 5.56 Å². The summed E-state index contributed by atoms with van der Waals surface area (Å²) in [6.07, 6.45) is 0.328. The predicted octanol–water partition coefficient (Wildman–Crippen LogP) is 2.61. The van der Waals surface area contributed by atoms with Crippen LogP contribution in [0.25, 0.3) is 0 Å². The van der Waals surface area contributed by atoms with Gasteiger partial charge in [0, 0.05) is 6.07 Å². The van der Waals surface area contributed by atoms with Crippen molar-refractivity contribution in [2.75, 3.05) is 6.61 Å². The van der Waals surface area contributed by atoms with Crippen LogP contribution in [-0.4, -0.2) is 22.6 Å². The van der Waals surface area contributed by atoms with E-state index < -0.39 is 22.0 Å². The Balaban J connectivity index is 3.01. The van der Waals surface area contributed by atoms with Crippen LogP contribution in [0, 0.1) is 26.9 Å². The van der Waals surface area contributed by atoms with Gasteiger partial charge in [-0.3, -0.25) is 10.1 Å². The molecule has 7 nitrogen and oxygen atoms in total. The molecule has 1 rings (SSSR count). The number of hydrogen-bond acceptors (Lipinski definition) is 5. The van der Waals surface area contributed by atoms with Gasteiger partial charge in [-0.05, 0) is 26.3 Å². The molecule has 0 aliphatic carbocycles. The molecule has 1 N–H and O–H groups in total. The molecule has 7 heteroatoms. The van der Waals surface area contributed by atoms with Gasteiger partial charge in [0.2, 0.25) is 5.75 Å². The highest BCUT2D eigenvalue weighted by Gasteiger charge is 2.24. The van der Waals surface area contributed by atoms with E-state index in [1.807, 2.05) is 0 Å². The summed E-state index contributed by atoms with van der Waals surface area (Å²) in [5, 5.41) is 28.8. The third-order valence-corrected chi connectivity index (χ3v) is 2.70. The number of nitro benzene ring substituents is 1. The highest BCUT2D eigenvalue weighted by molar-refractivity contribution is 5.92. The fourth-order valence-electron chi connectivity index (χ4n) is 1.45. The van der Waals surface area contributed by atoms with E-state index in [2.05, 4.69) is 6.07 Å². The minimum Gasteiger partial charge on any atom is -0.486 e. The molecule has 0 aliphatic heterocycles. The first kappa shape index (κ1) is 15.4. The minimum atomic E-state index is -1.30. The summed E-state index contributed by atoms with van der Waals surface area (Å²) in [5.74, 6) is -1.58. The van der Waals surface area contributed by atoms with Crippen molar-refractivity contribution in [3.8, 4) is 11.8 Å². The van der Waals surface area contributed by atoms with Gasteiger partial charge in [0.25, 0.3) is 0 Å². The summed E-state index contributed by atoms with van der Waals surface area (Å²) in [5.41, 5.74) is -1.32. The Labute approximate surface area is 115 Å². The first-order valence-corrected chi connectivity index (χ1v) is 5.83. The number of aromatic carboxylic acids is 1. The van der Waals surface area contributed by atoms with E-state index in [0.29, 0.717) is 6.42 Å². The van der Waals surface area contributed by atoms with Crippen molar-refractivity contribution in [3.05, 3.63) is 33.9 Å². The largest absolute Gasteiger partial charge is 0.486 e. The number of benzene rings is 1. The molecule has 106 valence electrons. The van der Waals surface area contributed by atoms with Crippen molar-refractivity contribution in [2.24, 2.45) is 5.41 Å². The molecule has 0 saturated heterocycles. The van der Waals surface area contributed by atoms with E-state index in [0.717, 1.165) is 0 Å². The molecule has 20 heavy (non-hydrogen) atoms. The lowest BCUT2D eigenvalue weighted by molar-refractivity contribution is -0.385. The lowest BCUT2D eigenvalue weighted by Crippen LogP contribution is -2.14. The van der Waals surface area contributed by atoms with Crippen LogP contribution in [0.1, 0.15) is 30.6 Å². The zero-order valence-electron chi connectivity index (χ0n) is 11.1. The van der Waals surface area contributed by atoms with Crippen LogP contribution in [0.5, 0.6) is 5.75 Å². The third kappa shape index (κ3) is 3.68. The Hall–Kier alpha value is -2.62. The van der Waals surface area contributed by atoms with Gasteiger partial charge < -0.3 is 9.84 Å². The van der Waals surface area contributed by atoms with Crippen LogP contribution < -0.4 is 4.74 Å². The zero-order valence-corrected chi connectivity index (χ0v) is 11.1. The molecule has 0 unspecified atom stereocenters. The number of carboxylic acid groups (broad SMARTS) is 1. The molecule has 0 aromatic heterocycles. The minimum absolute atomic E-state index is 0.0195. The number of rotatable bonds is 6. The number of nitrogens with zero attached hydrogens (tertiary/aromatic N) is 2. The number of carbonyl (C=O) groups is 1. The Morgan fingerprint density at radius 3 is 2.70 bits per heavy atom. The van der Waals surface area contributed by atoms with Crippen LogP contribution in [-0.2, 0) is 0 Å². The highest BCUT2D eigenvalue weighted by Crippen LogP contribution is 2.31. The van der Waals surface area contributed by atoms with Crippen molar-refractivity contribution >= 4 is 11.7 Å². The van der Waals surface area contributed by atoms with Gasteiger partial charge in [-0.1, -0.05) is 6.07 Å². The summed E-state index contributed by atoms with van der Waals surface area (Å²) in [7, 11) is 0. The molecular weight excluding hydrogens is 264 g/mol. The van der Waals surface area contributed by atoms with Crippen molar-refractivity contribution < 1.29 is 19.6 Å². The monoisotopic (exact) mass is 278 g/mol. The van der Waals surface area contributed by atoms with Gasteiger partial charge >= 0.3 is 11.7 Å². The van der Waals surface area contributed by atoms with Crippen molar-refractivity contribution in [1.29, 1.82) is 5.26 Å². The smallest absolute Gasteiger partial charge is 0.339 e. The molecule has 0 heterocycles. The van der Waals surface area contributed by atoms with E-state index >= 15 is 0 Å². The molecule has 0 aliphatic rings. The van der Waals surface area contributed by atoms with Gasteiger partial charge in [-0.2, -0.15) is 5.26 Å². The molecule has 0 atom stereocenters. The lowest BCUT2D eigenvalue weighted by atomic mass is 9.92. The van der Waals surface area contributed by atoms with E-state index in [4.69, 9.17) is 15.1 Å². The SMILES string of the molecule is CC(C)(C#N)CCOc1c(C(=O)O)cccc1[N+](=O)[O-]. The number of nitro groups is 1. The molecular formula is C13H14N2O5. The topological polar surface area (TPSA) is 113 Å². The summed E-state index contributed by atoms with van der Waals surface area (Å²) in [6, 6.07) is 5.77. The average molecular weight is 278 g/mol. The second-order valence-corrected chi connectivity index (χ2v) is 4.81. The number of carboxylic acids is 1. The van der Waals surface area contributed by atoms with Gasteiger partial charge in [-0.15, -0.1) is 0 Å². The number of ether oxygens (including phenoxy) is 1. The van der Waals surface area contributed by atoms with Crippen molar-refractivity contribution in [1.82, 2.24) is 0 Å². The Morgan fingerprint density at radius 2 is 2.20 bits per heavy atom. The van der Waals surface area contributed by atoms with Gasteiger partial charge in [-0.25, -0.2) is 4.79 Å². The second-order valence-electron chi connectivity index (χ2n) is 4.81. The normalized spacial score (nSPS) is 10.7. The maximum atomic E-state index is 11.1. The Morgan fingerprint density at radius 1 is 1.55 bits per heavy atom. The molecule has 0 fully saturated rings. The van der Waals surface area contributed by atoms with Crippen LogP contribution in [0.3, 0.4) is 0 Å². The zero-order chi connectivity index (χ0) is 15.3. The number of hydrogen-bond donors (Lipinski definition) is 1. The van der Waals surface area contributed by atoms with Crippen LogP contribution >= 0.6 is 0 Å². The molecule has 0 spiro atoms. The lowest BCUT2D eigenvalue weighted by Gasteiger charge is -2.16. The summed E-state index contributed by atoms with van der Waals surface area (Å²) >= 11 is 0. The van der Waals surface area contributed by atoms with Gasteiger partial charge in [0.15, 0.2) is 0 Å². The van der Waals surface area contributed by atoms with Crippen LogP contribution in [0.15, 0.2) is 18.2 Å². The molecule has 0 radical (unpaired) electrons. The Bertz CT molecular complexity index is 542. The standard InChI is InChI=1S/C13H14N2O5/c1-13(2,8-14)6-7-20-11-9(12(16)17)4-3-5-10(11)15(18)19/h3-5H,6-7H2,1-2H3,(H,16,17). The molecule has 0 saturated carbocycles. The van der Waals surface area contributed by atoms with E-state index in [-0.39, 0.29) is 17.9 Å². The summed E-state index contributed by atoms with van der Waals surface area (Å²) in [6.45, 7) is 3.42. The number of para-hydroxylation sites is 1. The Kier molecular flexibility index (Phi) is 4.64. The fourth-order valence-corrected chi connectivity index (χ4v) is 1.45. The average Bonchev–Trinajstić information content (AvgIpc) is 2.38. The fraction of sp³-hybridized carbons (Fsp3) is 0.385. The first-order chi connectivity index (χ1) is 9.28. The van der Waals surface area contributed by atoms with E-state index in [1.165, 1.54) is 18.2 Å². The molecule has 0 amide bonds. The van der Waals surface area contributed by atoms with E-state index in [1.54, 1.807) is 13.8 Å². The first-order valence-electron chi connectivity index (χ1n) is 5.83. The maximum Gasteiger partial charge on any atom is 0.339 e. The summed E-state index contributed by atoms with van der Waals surface area (Å²) < 4.78 is 5.25. The predicted molar refractivity (Wildman–Crippen MR) is 69.6 cm³/mol.